The molecule has 0 bridgehead atoms. The van der Waals surface area contributed by atoms with Crippen LogP contribution in [-0.4, -0.2) is 23.9 Å². The van der Waals surface area contributed by atoms with E-state index in [4.69, 9.17) is 0 Å². The normalized spacial score (nSPS) is 18.6. The molecule has 0 unspecified atom stereocenters. The molecule has 0 atom stereocenters. The lowest BCUT2D eigenvalue weighted by molar-refractivity contribution is -0.129. The summed E-state index contributed by atoms with van der Waals surface area (Å²) in [6.45, 7) is 5.44. The lowest BCUT2D eigenvalue weighted by Crippen LogP contribution is -2.26. The molecule has 2 nitrogen and oxygen atoms in total. The van der Waals surface area contributed by atoms with E-state index >= 15 is 0 Å². The highest BCUT2D eigenvalue weighted by molar-refractivity contribution is 5.76. The average Bonchev–Trinajstić information content (AvgIpc) is 2.37. The summed E-state index contributed by atoms with van der Waals surface area (Å²) < 4.78 is 0. The summed E-state index contributed by atoms with van der Waals surface area (Å²) in [6.07, 6.45) is 2.76. The Bertz CT molecular complexity index is 105. The first-order chi connectivity index (χ1) is 4.34. The van der Waals surface area contributed by atoms with E-state index < -0.39 is 0 Å². The van der Waals surface area contributed by atoms with E-state index in [9.17, 15) is 4.79 Å². The fourth-order valence-electron chi connectivity index (χ4n) is 1.12. The Balaban J connectivity index is 2.32. The topological polar surface area (TPSA) is 20.3 Å². The third kappa shape index (κ3) is 1.44. The molecule has 0 N–H and O–H groups in total. The van der Waals surface area contributed by atoms with Gasteiger partial charge in [0, 0.05) is 19.5 Å². The maximum Gasteiger partial charge on any atom is 0.222 e. The number of carbonyl (C=O) groups is 1. The molecule has 1 amide bonds. The summed E-state index contributed by atoms with van der Waals surface area (Å²) in [5.74, 6) is 0.201. The molecule has 1 radical (unpaired) electrons. The highest BCUT2D eigenvalue weighted by atomic mass is 16.2. The van der Waals surface area contributed by atoms with E-state index in [1.54, 1.807) is 0 Å². The third-order valence-corrected chi connectivity index (χ3v) is 1.67. The molecule has 0 aromatic rings. The summed E-state index contributed by atoms with van der Waals surface area (Å²) in [5.41, 5.74) is 0. The van der Waals surface area contributed by atoms with Crippen molar-refractivity contribution in [3.8, 4) is 0 Å². The number of rotatable bonds is 1. The number of hydrogen-bond acceptors (Lipinski definition) is 1. The van der Waals surface area contributed by atoms with Crippen LogP contribution in [0.5, 0.6) is 0 Å². The number of nitrogens with zero attached hydrogens (tertiary/aromatic N) is 1. The van der Waals surface area contributed by atoms with Crippen molar-refractivity contribution in [1.82, 2.24) is 4.90 Å². The van der Waals surface area contributed by atoms with Crippen molar-refractivity contribution in [2.45, 2.75) is 19.3 Å². The van der Waals surface area contributed by atoms with Gasteiger partial charge >= 0.3 is 0 Å². The maximum atomic E-state index is 10.9. The Morgan fingerprint density at radius 2 is 2.00 bits per heavy atom. The van der Waals surface area contributed by atoms with Crippen LogP contribution >= 0.6 is 0 Å². The van der Waals surface area contributed by atoms with Crippen LogP contribution in [0.4, 0.5) is 0 Å². The average molecular weight is 126 g/mol. The minimum atomic E-state index is 0.201. The van der Waals surface area contributed by atoms with Gasteiger partial charge in [0.25, 0.3) is 0 Å². The summed E-state index contributed by atoms with van der Waals surface area (Å²) in [6, 6.07) is 0. The first kappa shape index (κ1) is 6.59. The number of carbonyl (C=O) groups excluding carboxylic acids is 1. The molecule has 9 heavy (non-hydrogen) atoms. The zero-order valence-corrected chi connectivity index (χ0v) is 5.60. The van der Waals surface area contributed by atoms with Gasteiger partial charge in [-0.3, -0.25) is 4.79 Å². The van der Waals surface area contributed by atoms with Crippen molar-refractivity contribution in [1.29, 1.82) is 0 Å². The van der Waals surface area contributed by atoms with Crippen molar-refractivity contribution >= 4 is 5.91 Å². The van der Waals surface area contributed by atoms with Crippen molar-refractivity contribution in [3.63, 3.8) is 0 Å². The smallest absolute Gasteiger partial charge is 0.222 e. The fraction of sp³-hybridized carbons (Fsp3) is 0.714. The zero-order chi connectivity index (χ0) is 6.69. The van der Waals surface area contributed by atoms with Crippen molar-refractivity contribution in [3.05, 3.63) is 6.92 Å². The first-order valence-electron chi connectivity index (χ1n) is 3.41. The van der Waals surface area contributed by atoms with E-state index in [1.165, 1.54) is 12.8 Å². The highest BCUT2D eigenvalue weighted by Crippen LogP contribution is 2.07. The minimum absolute atomic E-state index is 0.201. The lowest BCUT2D eigenvalue weighted by atomic mass is 10.4. The first-order valence-corrected chi connectivity index (χ1v) is 3.41. The monoisotopic (exact) mass is 126 g/mol. The SMILES string of the molecule is [CH2]CC(=O)N1CCCC1. The second-order valence-electron chi connectivity index (χ2n) is 2.34. The molecule has 1 fully saturated rings. The van der Waals surface area contributed by atoms with Gasteiger partial charge in [0.15, 0.2) is 0 Å². The van der Waals surface area contributed by atoms with E-state index in [2.05, 4.69) is 6.92 Å². The Kier molecular flexibility index (Phi) is 2.09. The summed E-state index contributed by atoms with van der Waals surface area (Å²) in [4.78, 5) is 12.8. The maximum absolute atomic E-state index is 10.9. The predicted octanol–water partition coefficient (Wildman–Crippen LogP) is 0.833. The van der Waals surface area contributed by atoms with E-state index in [0.717, 1.165) is 13.1 Å². The molecule has 0 aliphatic carbocycles. The van der Waals surface area contributed by atoms with E-state index in [0.29, 0.717) is 6.42 Å². The lowest BCUT2D eigenvalue weighted by Gasteiger charge is -2.12. The van der Waals surface area contributed by atoms with Gasteiger partial charge in [0.2, 0.25) is 5.91 Å². The van der Waals surface area contributed by atoms with Gasteiger partial charge in [-0.05, 0) is 19.8 Å². The quantitative estimate of drug-likeness (QED) is 0.509. The summed E-state index contributed by atoms with van der Waals surface area (Å²) >= 11 is 0. The molecule has 1 saturated heterocycles. The molecule has 0 aromatic heterocycles. The Hall–Kier alpha value is -0.530. The highest BCUT2D eigenvalue weighted by Gasteiger charge is 2.14. The molecule has 51 valence electrons. The van der Waals surface area contributed by atoms with Gasteiger partial charge in [-0.1, -0.05) is 0 Å². The molecule has 0 aromatic carbocycles. The van der Waals surface area contributed by atoms with E-state index in [1.807, 2.05) is 4.90 Å². The molecule has 1 aliphatic heterocycles. The van der Waals surface area contributed by atoms with Gasteiger partial charge in [0.05, 0.1) is 0 Å². The second kappa shape index (κ2) is 2.85. The summed E-state index contributed by atoms with van der Waals surface area (Å²) in [7, 11) is 0. The van der Waals surface area contributed by atoms with Crippen LogP contribution in [0.2, 0.25) is 0 Å². The van der Waals surface area contributed by atoms with Crippen LogP contribution in [0.15, 0.2) is 0 Å². The molecule has 1 aliphatic rings. The van der Waals surface area contributed by atoms with Crippen LogP contribution in [0.1, 0.15) is 19.3 Å². The Labute approximate surface area is 55.8 Å². The van der Waals surface area contributed by atoms with E-state index in [-0.39, 0.29) is 5.91 Å². The van der Waals surface area contributed by atoms with Crippen molar-refractivity contribution in [2.75, 3.05) is 13.1 Å². The summed E-state index contributed by atoms with van der Waals surface area (Å²) in [5, 5.41) is 0. The van der Waals surface area contributed by atoms with Crippen LogP contribution in [0, 0.1) is 6.92 Å². The van der Waals surface area contributed by atoms with Gasteiger partial charge < -0.3 is 4.90 Å². The molecule has 0 saturated carbocycles. The van der Waals surface area contributed by atoms with Crippen LogP contribution < -0.4 is 0 Å². The molecular weight excluding hydrogens is 114 g/mol. The van der Waals surface area contributed by atoms with Gasteiger partial charge in [-0.2, -0.15) is 0 Å². The zero-order valence-electron chi connectivity index (χ0n) is 5.60. The Morgan fingerprint density at radius 3 is 2.44 bits per heavy atom. The number of likely N-dealkylation sites (tertiary alicyclic amines) is 1. The van der Waals surface area contributed by atoms with Crippen molar-refractivity contribution in [2.24, 2.45) is 0 Å². The second-order valence-corrected chi connectivity index (χ2v) is 2.34. The van der Waals surface area contributed by atoms with Crippen LogP contribution in [0.25, 0.3) is 0 Å². The van der Waals surface area contributed by atoms with Crippen LogP contribution in [-0.2, 0) is 4.79 Å². The third-order valence-electron chi connectivity index (χ3n) is 1.67. The predicted molar refractivity (Wildman–Crippen MR) is 35.8 cm³/mol. The van der Waals surface area contributed by atoms with Crippen molar-refractivity contribution < 1.29 is 4.79 Å². The minimum Gasteiger partial charge on any atom is -0.343 e. The number of amides is 1. The van der Waals surface area contributed by atoms with Gasteiger partial charge in [-0.25, -0.2) is 0 Å². The number of hydrogen-bond donors (Lipinski definition) is 0. The molecule has 1 rings (SSSR count). The Morgan fingerprint density at radius 1 is 1.44 bits per heavy atom. The molecule has 1 heterocycles. The largest absolute Gasteiger partial charge is 0.343 e. The standard InChI is InChI=1S/C7H12NO/c1-2-7(9)8-5-3-4-6-8/h1-6H2. The molecular formula is C7H12NO. The molecule has 2 heteroatoms. The van der Waals surface area contributed by atoms with Gasteiger partial charge in [0.1, 0.15) is 0 Å². The fourth-order valence-corrected chi connectivity index (χ4v) is 1.12. The van der Waals surface area contributed by atoms with Crippen LogP contribution in [0.3, 0.4) is 0 Å². The molecule has 0 spiro atoms. The van der Waals surface area contributed by atoms with Gasteiger partial charge in [-0.15, -0.1) is 0 Å².